The smallest absolute Gasteiger partial charge is 0.341 e. The third-order valence-corrected chi connectivity index (χ3v) is 7.03. The minimum atomic E-state index is -0.465. The summed E-state index contributed by atoms with van der Waals surface area (Å²) in [4.78, 5) is 24.3. The number of rotatable bonds is 6. The highest BCUT2D eigenvalue weighted by atomic mass is 16.5. The Bertz CT molecular complexity index is 693. The van der Waals surface area contributed by atoms with Crippen molar-refractivity contribution < 1.29 is 19.1 Å². The molecule has 1 N–H and O–H groups in total. The van der Waals surface area contributed by atoms with Crippen LogP contribution in [-0.2, 0) is 9.53 Å². The fourth-order valence-electron chi connectivity index (χ4n) is 6.16. The van der Waals surface area contributed by atoms with E-state index in [0.717, 1.165) is 17.8 Å². The Morgan fingerprint density at radius 1 is 1.11 bits per heavy atom. The molecule has 4 bridgehead atoms. The molecule has 0 radical (unpaired) electrons. The summed E-state index contributed by atoms with van der Waals surface area (Å²) in [6.07, 6.45) is 7.96. The van der Waals surface area contributed by atoms with Crippen LogP contribution < -0.4 is 10.1 Å². The van der Waals surface area contributed by atoms with E-state index in [1.54, 1.807) is 24.3 Å². The molecular formula is C22H29NO4. The number of carbonyl (C=O) groups is 2. The summed E-state index contributed by atoms with van der Waals surface area (Å²) in [5, 5.41) is 3.19. The second-order valence-corrected chi connectivity index (χ2v) is 8.85. The zero-order chi connectivity index (χ0) is 19.0. The Morgan fingerprint density at radius 3 is 2.30 bits per heavy atom. The molecule has 1 amide bonds. The van der Waals surface area contributed by atoms with Gasteiger partial charge >= 0.3 is 5.97 Å². The van der Waals surface area contributed by atoms with Crippen LogP contribution in [-0.4, -0.2) is 31.6 Å². The van der Waals surface area contributed by atoms with Crippen LogP contribution in [0.3, 0.4) is 0 Å². The predicted molar refractivity (Wildman–Crippen MR) is 101 cm³/mol. The summed E-state index contributed by atoms with van der Waals surface area (Å²) >= 11 is 0. The van der Waals surface area contributed by atoms with Crippen LogP contribution in [0.2, 0.25) is 0 Å². The van der Waals surface area contributed by atoms with Gasteiger partial charge in [-0.1, -0.05) is 12.1 Å². The topological polar surface area (TPSA) is 64.6 Å². The normalized spacial score (nSPS) is 32.0. The first-order valence-electron chi connectivity index (χ1n) is 10.1. The van der Waals surface area contributed by atoms with Crippen LogP contribution in [0.5, 0.6) is 5.75 Å². The quantitative estimate of drug-likeness (QED) is 0.777. The van der Waals surface area contributed by atoms with Crippen LogP contribution in [0.4, 0.5) is 0 Å². The van der Waals surface area contributed by atoms with Gasteiger partial charge in [0.2, 0.25) is 0 Å². The highest BCUT2D eigenvalue weighted by Gasteiger charge is 2.53. The van der Waals surface area contributed by atoms with Crippen molar-refractivity contribution >= 4 is 11.9 Å². The van der Waals surface area contributed by atoms with Gasteiger partial charge in [-0.15, -0.1) is 0 Å². The molecule has 4 fully saturated rings. The maximum absolute atomic E-state index is 12.5. The molecule has 1 atom stereocenters. The fraction of sp³-hybridized carbons (Fsp3) is 0.636. The highest BCUT2D eigenvalue weighted by molar-refractivity contribution is 5.92. The first-order valence-corrected chi connectivity index (χ1v) is 10.1. The SMILES string of the molecule is COC(=O)c1ccccc1OCC(=O)N[C@H](C)C12CC3CC(CC(C3)C1)C2. The molecule has 146 valence electrons. The van der Waals surface area contributed by atoms with E-state index in [-0.39, 0.29) is 24.0 Å². The third-order valence-electron chi connectivity index (χ3n) is 7.03. The standard InChI is InChI=1S/C22H29NO4/c1-14(22-10-15-7-16(11-22)9-17(8-15)12-22)23-20(24)13-27-19-6-4-3-5-18(19)21(25)26-2/h3-6,14-17H,7-13H2,1-2H3,(H,23,24)/t14-,15?,16?,17?,22?/m1/s1. The minimum absolute atomic E-state index is 0.0925. The number of carbonyl (C=O) groups excluding carboxylic acids is 2. The van der Waals surface area contributed by atoms with E-state index >= 15 is 0 Å². The summed E-state index contributed by atoms with van der Waals surface area (Å²) in [6.45, 7) is 2.07. The lowest BCUT2D eigenvalue weighted by Crippen LogP contribution is -2.56. The molecule has 0 aromatic heterocycles. The van der Waals surface area contributed by atoms with Gasteiger partial charge in [0.05, 0.1) is 7.11 Å². The van der Waals surface area contributed by atoms with Crippen LogP contribution in [0.25, 0.3) is 0 Å². The Morgan fingerprint density at radius 2 is 1.70 bits per heavy atom. The van der Waals surface area contributed by atoms with Crippen LogP contribution in [0.15, 0.2) is 24.3 Å². The van der Waals surface area contributed by atoms with Crippen molar-refractivity contribution in [1.82, 2.24) is 5.32 Å². The fourth-order valence-corrected chi connectivity index (χ4v) is 6.16. The van der Waals surface area contributed by atoms with Gasteiger partial charge < -0.3 is 14.8 Å². The predicted octanol–water partition coefficient (Wildman–Crippen LogP) is 3.57. The molecule has 5 rings (SSSR count). The lowest BCUT2D eigenvalue weighted by atomic mass is 9.48. The molecule has 4 aliphatic rings. The number of hydrogen-bond donors (Lipinski definition) is 1. The Hall–Kier alpha value is -2.04. The van der Waals surface area contributed by atoms with Gasteiger partial charge in [0, 0.05) is 6.04 Å². The number of para-hydroxylation sites is 1. The molecule has 5 nitrogen and oxygen atoms in total. The van der Waals surface area contributed by atoms with Gasteiger partial charge in [0.15, 0.2) is 6.61 Å². The van der Waals surface area contributed by atoms with E-state index in [1.807, 2.05) is 0 Å². The number of hydrogen-bond acceptors (Lipinski definition) is 4. The molecule has 1 aromatic rings. The van der Waals surface area contributed by atoms with E-state index in [4.69, 9.17) is 9.47 Å². The van der Waals surface area contributed by atoms with Gasteiger partial charge in [-0.25, -0.2) is 4.79 Å². The average Bonchev–Trinajstić information content (AvgIpc) is 2.65. The van der Waals surface area contributed by atoms with Crippen molar-refractivity contribution in [3.63, 3.8) is 0 Å². The van der Waals surface area contributed by atoms with E-state index in [2.05, 4.69) is 12.2 Å². The molecule has 0 spiro atoms. The second-order valence-electron chi connectivity index (χ2n) is 8.85. The van der Waals surface area contributed by atoms with Gasteiger partial charge in [-0.3, -0.25) is 4.79 Å². The van der Waals surface area contributed by atoms with Crippen molar-refractivity contribution in [3.05, 3.63) is 29.8 Å². The van der Waals surface area contributed by atoms with E-state index in [1.165, 1.54) is 45.6 Å². The molecule has 0 aliphatic heterocycles. The van der Waals surface area contributed by atoms with Gasteiger partial charge in [0.1, 0.15) is 11.3 Å². The molecular weight excluding hydrogens is 342 g/mol. The molecule has 0 saturated heterocycles. The van der Waals surface area contributed by atoms with Gasteiger partial charge in [-0.05, 0) is 80.8 Å². The summed E-state index contributed by atoms with van der Waals surface area (Å²) < 4.78 is 10.4. The number of benzene rings is 1. The van der Waals surface area contributed by atoms with Crippen LogP contribution >= 0.6 is 0 Å². The monoisotopic (exact) mass is 371 g/mol. The highest BCUT2D eigenvalue weighted by Crippen LogP contribution is 2.61. The molecule has 5 heteroatoms. The molecule has 4 aliphatic carbocycles. The number of nitrogens with one attached hydrogen (secondary N) is 1. The zero-order valence-electron chi connectivity index (χ0n) is 16.2. The van der Waals surface area contributed by atoms with Gasteiger partial charge in [0.25, 0.3) is 5.91 Å². The summed E-state index contributed by atoms with van der Waals surface area (Å²) in [5.41, 5.74) is 0.607. The maximum Gasteiger partial charge on any atom is 0.341 e. The van der Waals surface area contributed by atoms with Gasteiger partial charge in [-0.2, -0.15) is 0 Å². The average molecular weight is 371 g/mol. The van der Waals surface area contributed by atoms with Crippen molar-refractivity contribution in [1.29, 1.82) is 0 Å². The first kappa shape index (κ1) is 18.3. The van der Waals surface area contributed by atoms with E-state index in [9.17, 15) is 9.59 Å². The largest absolute Gasteiger partial charge is 0.483 e. The number of methoxy groups -OCH3 is 1. The number of ether oxygens (including phenoxy) is 2. The Kier molecular flexibility index (Phi) is 4.87. The number of esters is 1. The van der Waals surface area contributed by atoms with E-state index in [0.29, 0.717) is 11.3 Å². The minimum Gasteiger partial charge on any atom is -0.483 e. The Balaban J connectivity index is 1.36. The van der Waals surface area contributed by atoms with Crippen molar-refractivity contribution in [2.75, 3.05) is 13.7 Å². The first-order chi connectivity index (χ1) is 13.0. The Labute approximate surface area is 160 Å². The summed E-state index contributed by atoms with van der Waals surface area (Å²) in [5.74, 6) is 2.36. The van der Waals surface area contributed by atoms with Crippen LogP contribution in [0, 0.1) is 23.2 Å². The molecule has 1 aromatic carbocycles. The van der Waals surface area contributed by atoms with Crippen LogP contribution in [0.1, 0.15) is 55.8 Å². The molecule has 0 heterocycles. The molecule has 27 heavy (non-hydrogen) atoms. The van der Waals surface area contributed by atoms with Crippen molar-refractivity contribution in [2.24, 2.45) is 23.2 Å². The lowest BCUT2D eigenvalue weighted by molar-refractivity contribution is -0.127. The van der Waals surface area contributed by atoms with Crippen molar-refractivity contribution in [3.8, 4) is 5.75 Å². The van der Waals surface area contributed by atoms with Crippen molar-refractivity contribution in [2.45, 2.75) is 51.5 Å². The maximum atomic E-state index is 12.5. The van der Waals surface area contributed by atoms with E-state index < -0.39 is 5.97 Å². The third kappa shape index (κ3) is 3.56. The second kappa shape index (κ2) is 7.17. The number of amides is 1. The zero-order valence-corrected chi connectivity index (χ0v) is 16.2. The molecule has 0 unspecified atom stereocenters. The molecule has 4 saturated carbocycles. The summed E-state index contributed by atoms with van der Waals surface area (Å²) in [6, 6.07) is 7.00. The lowest BCUT2D eigenvalue weighted by Gasteiger charge is -2.59. The summed E-state index contributed by atoms with van der Waals surface area (Å²) in [7, 11) is 1.33.